The molecule has 0 radical (unpaired) electrons. The Labute approximate surface area is 136 Å². The van der Waals surface area contributed by atoms with E-state index in [0.29, 0.717) is 5.69 Å². The molecule has 2 rings (SSSR count). The Balaban J connectivity index is 2.23. The van der Waals surface area contributed by atoms with Gasteiger partial charge in [-0.25, -0.2) is 4.79 Å². The second-order valence-corrected chi connectivity index (χ2v) is 7.13. The van der Waals surface area contributed by atoms with Crippen LogP contribution in [0.25, 0.3) is 0 Å². The lowest BCUT2D eigenvalue weighted by Crippen LogP contribution is -2.42. The lowest BCUT2D eigenvalue weighted by molar-refractivity contribution is -0.139. The van der Waals surface area contributed by atoms with Gasteiger partial charge in [0.2, 0.25) is 0 Å². The summed E-state index contributed by atoms with van der Waals surface area (Å²) in [6, 6.07) is 4.59. The van der Waals surface area contributed by atoms with Gasteiger partial charge in [-0.15, -0.1) is 0 Å². The number of amides is 1. The molecule has 0 saturated heterocycles. The number of hydrogen-bond donors (Lipinski definition) is 3. The molecule has 4 N–H and O–H groups in total. The quantitative estimate of drug-likeness (QED) is 0.792. The topological polar surface area (TPSA) is 102 Å². The van der Waals surface area contributed by atoms with Gasteiger partial charge >= 0.3 is 12.1 Å². The van der Waals surface area contributed by atoms with Crippen LogP contribution in [0.2, 0.25) is 0 Å². The minimum atomic E-state index is -1.01. The van der Waals surface area contributed by atoms with E-state index < -0.39 is 29.1 Å². The third-order valence-electron chi connectivity index (χ3n) is 4.10. The zero-order chi connectivity index (χ0) is 17.4. The summed E-state index contributed by atoms with van der Waals surface area (Å²) in [4.78, 5) is 23.2. The molecule has 1 unspecified atom stereocenters. The number of rotatable bonds is 4. The number of anilines is 1. The molecule has 6 nitrogen and oxygen atoms in total. The number of nitrogens with one attached hydrogen (secondary N) is 1. The Morgan fingerprint density at radius 2 is 1.96 bits per heavy atom. The summed E-state index contributed by atoms with van der Waals surface area (Å²) in [5.74, 6) is -1.01. The van der Waals surface area contributed by atoms with Crippen molar-refractivity contribution in [2.24, 2.45) is 5.73 Å². The number of carboxylic acids is 1. The van der Waals surface area contributed by atoms with Crippen LogP contribution >= 0.6 is 0 Å². The molecule has 126 valence electrons. The van der Waals surface area contributed by atoms with Crippen molar-refractivity contribution in [1.82, 2.24) is 0 Å². The smallest absolute Gasteiger partial charge is 0.412 e. The van der Waals surface area contributed by atoms with Crippen LogP contribution in [0.1, 0.15) is 44.7 Å². The standard InChI is InChI=1S/C17H24N2O4/c1-10-5-6-11(17(7-8-17)13(18)14(20)21)9-12(10)19-15(22)23-16(2,3)4/h5-6,9,13H,7-8,18H2,1-4H3,(H,19,22)(H,20,21). The van der Waals surface area contributed by atoms with E-state index in [2.05, 4.69) is 5.32 Å². The largest absolute Gasteiger partial charge is 0.480 e. The molecule has 1 amide bonds. The number of aliphatic carboxylic acids is 1. The first-order chi connectivity index (χ1) is 10.5. The maximum atomic E-state index is 11.9. The summed E-state index contributed by atoms with van der Waals surface area (Å²) >= 11 is 0. The number of nitrogens with two attached hydrogens (primary N) is 1. The van der Waals surface area contributed by atoms with E-state index in [1.165, 1.54) is 0 Å². The lowest BCUT2D eigenvalue weighted by Gasteiger charge is -2.23. The van der Waals surface area contributed by atoms with Crippen molar-refractivity contribution in [3.05, 3.63) is 29.3 Å². The van der Waals surface area contributed by atoms with Crippen molar-refractivity contribution in [2.45, 2.75) is 57.6 Å². The first-order valence-electron chi connectivity index (χ1n) is 7.65. The summed E-state index contributed by atoms with van der Waals surface area (Å²) in [5.41, 5.74) is 7.05. The molecule has 1 aromatic carbocycles. The Morgan fingerprint density at radius 3 is 2.43 bits per heavy atom. The minimum absolute atomic E-state index is 0.537. The van der Waals surface area contributed by atoms with E-state index in [9.17, 15) is 14.7 Å². The van der Waals surface area contributed by atoms with Crippen LogP contribution in [0.5, 0.6) is 0 Å². The molecule has 23 heavy (non-hydrogen) atoms. The molecule has 1 fully saturated rings. The number of carbonyl (C=O) groups excluding carboxylic acids is 1. The highest BCUT2D eigenvalue weighted by atomic mass is 16.6. The van der Waals surface area contributed by atoms with E-state index in [0.717, 1.165) is 24.0 Å². The number of carboxylic acid groups (broad SMARTS) is 1. The number of benzene rings is 1. The molecule has 1 aliphatic carbocycles. The zero-order valence-electron chi connectivity index (χ0n) is 14.0. The van der Waals surface area contributed by atoms with Gasteiger partial charge in [0.1, 0.15) is 11.6 Å². The maximum absolute atomic E-state index is 11.9. The van der Waals surface area contributed by atoms with E-state index >= 15 is 0 Å². The monoisotopic (exact) mass is 320 g/mol. The highest BCUT2D eigenvalue weighted by Gasteiger charge is 2.52. The van der Waals surface area contributed by atoms with Gasteiger partial charge in [-0.1, -0.05) is 12.1 Å². The summed E-state index contributed by atoms with van der Waals surface area (Å²) in [6.07, 6.45) is 0.926. The molecule has 1 aromatic rings. The second-order valence-electron chi connectivity index (χ2n) is 7.13. The molecule has 6 heteroatoms. The SMILES string of the molecule is Cc1ccc(C2(C(N)C(=O)O)CC2)cc1NC(=O)OC(C)(C)C. The fourth-order valence-corrected chi connectivity index (χ4v) is 2.63. The highest BCUT2D eigenvalue weighted by Crippen LogP contribution is 2.51. The van der Waals surface area contributed by atoms with Gasteiger partial charge in [0.25, 0.3) is 0 Å². The molecule has 0 aromatic heterocycles. The van der Waals surface area contributed by atoms with Crippen LogP contribution in [-0.4, -0.2) is 28.8 Å². The van der Waals surface area contributed by atoms with Gasteiger partial charge in [0.15, 0.2) is 0 Å². The third-order valence-corrected chi connectivity index (χ3v) is 4.10. The van der Waals surface area contributed by atoms with Crippen molar-refractivity contribution in [1.29, 1.82) is 0 Å². The fourth-order valence-electron chi connectivity index (χ4n) is 2.63. The molecule has 1 aliphatic rings. The Bertz CT molecular complexity index is 630. The van der Waals surface area contributed by atoms with Crippen molar-refractivity contribution in [2.75, 3.05) is 5.32 Å². The van der Waals surface area contributed by atoms with Crippen molar-refractivity contribution < 1.29 is 19.4 Å². The van der Waals surface area contributed by atoms with Crippen molar-refractivity contribution in [3.8, 4) is 0 Å². The summed E-state index contributed by atoms with van der Waals surface area (Å²) < 4.78 is 5.25. The van der Waals surface area contributed by atoms with E-state index in [4.69, 9.17) is 10.5 Å². The van der Waals surface area contributed by atoms with E-state index in [1.807, 2.05) is 19.1 Å². The summed E-state index contributed by atoms with van der Waals surface area (Å²) in [6.45, 7) is 7.25. The lowest BCUT2D eigenvalue weighted by atomic mass is 9.87. The Morgan fingerprint density at radius 1 is 1.35 bits per heavy atom. The molecule has 1 saturated carbocycles. The van der Waals surface area contributed by atoms with Crippen LogP contribution in [-0.2, 0) is 14.9 Å². The normalized spacial score (nSPS) is 17.3. The van der Waals surface area contributed by atoms with Crippen LogP contribution in [0, 0.1) is 6.92 Å². The molecular formula is C17H24N2O4. The molecule has 0 spiro atoms. The zero-order valence-corrected chi connectivity index (χ0v) is 14.0. The van der Waals surface area contributed by atoms with E-state index in [-0.39, 0.29) is 0 Å². The predicted octanol–water partition coefficient (Wildman–Crippen LogP) is 2.79. The Kier molecular flexibility index (Phi) is 4.39. The number of carbonyl (C=O) groups is 2. The molecule has 0 bridgehead atoms. The first kappa shape index (κ1) is 17.3. The van der Waals surface area contributed by atoms with Crippen LogP contribution < -0.4 is 11.1 Å². The van der Waals surface area contributed by atoms with Gasteiger partial charge in [-0.3, -0.25) is 10.1 Å². The van der Waals surface area contributed by atoms with E-state index in [1.54, 1.807) is 26.8 Å². The van der Waals surface area contributed by atoms with Gasteiger partial charge in [-0.05, 0) is 57.7 Å². The highest BCUT2D eigenvalue weighted by molar-refractivity contribution is 5.86. The molecule has 0 aliphatic heterocycles. The minimum Gasteiger partial charge on any atom is -0.480 e. The number of hydrogen-bond acceptors (Lipinski definition) is 4. The van der Waals surface area contributed by atoms with Crippen molar-refractivity contribution >= 4 is 17.7 Å². The second kappa shape index (κ2) is 5.85. The molecule has 1 atom stereocenters. The van der Waals surface area contributed by atoms with Crippen LogP contribution in [0.15, 0.2) is 18.2 Å². The first-order valence-corrected chi connectivity index (χ1v) is 7.65. The van der Waals surface area contributed by atoms with Crippen LogP contribution in [0.3, 0.4) is 0 Å². The van der Waals surface area contributed by atoms with Gasteiger partial charge in [0.05, 0.1) is 0 Å². The van der Waals surface area contributed by atoms with Crippen molar-refractivity contribution in [3.63, 3.8) is 0 Å². The average Bonchev–Trinajstić information content (AvgIpc) is 3.19. The Hall–Kier alpha value is -2.08. The summed E-state index contributed by atoms with van der Waals surface area (Å²) in [7, 11) is 0. The number of ether oxygens (including phenoxy) is 1. The molecular weight excluding hydrogens is 296 g/mol. The van der Waals surface area contributed by atoms with Crippen LogP contribution in [0.4, 0.5) is 10.5 Å². The third kappa shape index (κ3) is 3.82. The predicted molar refractivity (Wildman–Crippen MR) is 87.6 cm³/mol. The maximum Gasteiger partial charge on any atom is 0.412 e. The van der Waals surface area contributed by atoms with Gasteiger partial charge in [0, 0.05) is 11.1 Å². The van der Waals surface area contributed by atoms with Gasteiger partial charge < -0.3 is 15.6 Å². The average molecular weight is 320 g/mol. The van der Waals surface area contributed by atoms with Gasteiger partial charge in [-0.2, -0.15) is 0 Å². The number of aryl methyl sites for hydroxylation is 1. The summed E-state index contributed by atoms with van der Waals surface area (Å²) in [5, 5.41) is 11.9. The molecule has 0 heterocycles. The fraction of sp³-hybridized carbons (Fsp3) is 0.529.